The molecule has 1 aromatic rings. The summed E-state index contributed by atoms with van der Waals surface area (Å²) in [5.74, 6) is 0. The third kappa shape index (κ3) is 3.81. The summed E-state index contributed by atoms with van der Waals surface area (Å²) in [4.78, 5) is 0.314. The zero-order valence-corrected chi connectivity index (χ0v) is 12.5. The van der Waals surface area contributed by atoms with Crippen molar-refractivity contribution in [2.45, 2.75) is 36.6 Å². The molecule has 2 rings (SSSR count). The van der Waals surface area contributed by atoms with E-state index in [2.05, 4.69) is 40.2 Å². The fraction of sp³-hybridized carbons (Fsp3) is 0.600. The summed E-state index contributed by atoms with van der Waals surface area (Å²) in [6, 6.07) is 8.77. The Morgan fingerprint density at radius 3 is 2.72 bits per heavy atom. The molecule has 0 aromatic heterocycles. The number of hydrogen-bond donors (Lipinski definition) is 0. The molecule has 1 heterocycles. The maximum atomic E-state index is 5.82. The first-order valence-corrected chi connectivity index (χ1v) is 7.56. The van der Waals surface area contributed by atoms with Crippen molar-refractivity contribution in [3.63, 3.8) is 0 Å². The molecule has 0 aliphatic carbocycles. The number of halogens is 1. The van der Waals surface area contributed by atoms with E-state index in [-0.39, 0.29) is 0 Å². The Morgan fingerprint density at radius 1 is 1.33 bits per heavy atom. The van der Waals surface area contributed by atoms with Gasteiger partial charge in [0.05, 0.1) is 17.5 Å². The molecule has 0 amide bonds. The highest BCUT2D eigenvalue weighted by molar-refractivity contribution is 9.09. The Balaban J connectivity index is 1.95. The SMILES string of the molecule is COCCc1ccc(C(Br)C2CCCCO2)cc1. The average molecular weight is 313 g/mol. The van der Waals surface area contributed by atoms with Crippen molar-refractivity contribution >= 4 is 15.9 Å². The summed E-state index contributed by atoms with van der Waals surface area (Å²) in [5.41, 5.74) is 2.63. The van der Waals surface area contributed by atoms with E-state index in [0.717, 1.165) is 26.1 Å². The minimum Gasteiger partial charge on any atom is -0.384 e. The van der Waals surface area contributed by atoms with Gasteiger partial charge in [-0.2, -0.15) is 0 Å². The smallest absolute Gasteiger partial charge is 0.0740 e. The van der Waals surface area contributed by atoms with Crippen LogP contribution < -0.4 is 0 Å². The van der Waals surface area contributed by atoms with Gasteiger partial charge in [-0.25, -0.2) is 0 Å². The lowest BCUT2D eigenvalue weighted by Crippen LogP contribution is -2.23. The lowest BCUT2D eigenvalue weighted by atomic mass is 10.00. The van der Waals surface area contributed by atoms with Gasteiger partial charge in [0.2, 0.25) is 0 Å². The molecule has 2 unspecified atom stereocenters. The Hall–Kier alpha value is -0.380. The molecule has 2 nitrogen and oxygen atoms in total. The highest BCUT2D eigenvalue weighted by Gasteiger charge is 2.23. The van der Waals surface area contributed by atoms with Crippen LogP contribution in [-0.2, 0) is 15.9 Å². The molecule has 100 valence electrons. The normalized spacial score (nSPS) is 21.8. The van der Waals surface area contributed by atoms with Gasteiger partial charge in [-0.05, 0) is 36.8 Å². The van der Waals surface area contributed by atoms with Crippen LogP contribution in [0.4, 0.5) is 0 Å². The van der Waals surface area contributed by atoms with E-state index in [1.807, 2.05) is 0 Å². The molecule has 0 N–H and O–H groups in total. The molecule has 1 fully saturated rings. The number of rotatable bonds is 5. The molecule has 18 heavy (non-hydrogen) atoms. The van der Waals surface area contributed by atoms with Crippen LogP contribution in [0.2, 0.25) is 0 Å². The van der Waals surface area contributed by atoms with Crippen LogP contribution in [-0.4, -0.2) is 26.4 Å². The number of alkyl halides is 1. The Labute approximate surface area is 118 Å². The van der Waals surface area contributed by atoms with Crippen LogP contribution in [0.3, 0.4) is 0 Å². The van der Waals surface area contributed by atoms with E-state index in [1.165, 1.54) is 24.0 Å². The molecule has 1 aliphatic rings. The number of hydrogen-bond acceptors (Lipinski definition) is 2. The van der Waals surface area contributed by atoms with Crippen LogP contribution in [0.5, 0.6) is 0 Å². The van der Waals surface area contributed by atoms with Crippen LogP contribution in [0.1, 0.15) is 35.2 Å². The van der Waals surface area contributed by atoms with Crippen molar-refractivity contribution in [3.05, 3.63) is 35.4 Å². The van der Waals surface area contributed by atoms with Crippen LogP contribution in [0.25, 0.3) is 0 Å². The van der Waals surface area contributed by atoms with E-state index in [4.69, 9.17) is 9.47 Å². The van der Waals surface area contributed by atoms with Crippen molar-refractivity contribution < 1.29 is 9.47 Å². The number of ether oxygens (including phenoxy) is 2. The third-order valence-corrected chi connectivity index (χ3v) is 4.55. The van der Waals surface area contributed by atoms with Gasteiger partial charge in [-0.3, -0.25) is 0 Å². The van der Waals surface area contributed by atoms with E-state index in [9.17, 15) is 0 Å². The van der Waals surface area contributed by atoms with Crippen molar-refractivity contribution in [2.75, 3.05) is 20.3 Å². The molecule has 0 spiro atoms. The van der Waals surface area contributed by atoms with E-state index in [0.29, 0.717) is 10.9 Å². The first-order valence-electron chi connectivity index (χ1n) is 6.64. The van der Waals surface area contributed by atoms with Gasteiger partial charge in [0.1, 0.15) is 0 Å². The minimum atomic E-state index is 0.314. The number of methoxy groups -OCH3 is 1. The van der Waals surface area contributed by atoms with Crippen molar-refractivity contribution in [1.82, 2.24) is 0 Å². The summed E-state index contributed by atoms with van der Waals surface area (Å²) in [6.45, 7) is 1.68. The van der Waals surface area contributed by atoms with Gasteiger partial charge in [0.25, 0.3) is 0 Å². The molecule has 1 aliphatic heterocycles. The molecule has 0 bridgehead atoms. The standard InChI is InChI=1S/C15H21BrO2/c1-17-11-9-12-5-7-13(8-6-12)15(16)14-4-2-3-10-18-14/h5-8,14-15H,2-4,9-11H2,1H3. The van der Waals surface area contributed by atoms with Crippen LogP contribution >= 0.6 is 15.9 Å². The first-order chi connectivity index (χ1) is 8.81. The molecule has 0 radical (unpaired) electrons. The second kappa shape index (κ2) is 7.27. The second-order valence-electron chi connectivity index (χ2n) is 4.79. The van der Waals surface area contributed by atoms with Crippen LogP contribution in [0, 0.1) is 0 Å². The fourth-order valence-electron chi connectivity index (χ4n) is 2.30. The first kappa shape index (κ1) is 14.0. The summed E-state index contributed by atoms with van der Waals surface area (Å²) in [7, 11) is 1.74. The molecular formula is C15H21BrO2. The average Bonchev–Trinajstić information content (AvgIpc) is 2.46. The van der Waals surface area contributed by atoms with Gasteiger partial charge >= 0.3 is 0 Å². The summed E-state index contributed by atoms with van der Waals surface area (Å²) >= 11 is 3.78. The van der Waals surface area contributed by atoms with Gasteiger partial charge < -0.3 is 9.47 Å². The van der Waals surface area contributed by atoms with Crippen molar-refractivity contribution in [3.8, 4) is 0 Å². The molecule has 0 saturated carbocycles. The molecule has 3 heteroatoms. The zero-order chi connectivity index (χ0) is 12.8. The van der Waals surface area contributed by atoms with E-state index < -0.39 is 0 Å². The quantitative estimate of drug-likeness (QED) is 0.768. The maximum absolute atomic E-state index is 5.82. The molecule has 1 saturated heterocycles. The molecule has 1 aromatic carbocycles. The molecular weight excluding hydrogens is 292 g/mol. The summed E-state index contributed by atoms with van der Waals surface area (Å²) in [6.07, 6.45) is 4.93. The topological polar surface area (TPSA) is 18.5 Å². The van der Waals surface area contributed by atoms with Crippen LogP contribution in [0.15, 0.2) is 24.3 Å². The van der Waals surface area contributed by atoms with Gasteiger partial charge in [0, 0.05) is 13.7 Å². The van der Waals surface area contributed by atoms with Crippen molar-refractivity contribution in [1.29, 1.82) is 0 Å². The fourth-order valence-corrected chi connectivity index (χ4v) is 3.02. The lowest BCUT2D eigenvalue weighted by molar-refractivity contribution is 0.0160. The summed E-state index contributed by atoms with van der Waals surface area (Å²) < 4.78 is 10.9. The Bertz CT molecular complexity index is 344. The van der Waals surface area contributed by atoms with Gasteiger partial charge in [0.15, 0.2) is 0 Å². The predicted molar refractivity (Wildman–Crippen MR) is 77.3 cm³/mol. The van der Waals surface area contributed by atoms with Crippen molar-refractivity contribution in [2.24, 2.45) is 0 Å². The minimum absolute atomic E-state index is 0.314. The maximum Gasteiger partial charge on any atom is 0.0740 e. The highest BCUT2D eigenvalue weighted by Crippen LogP contribution is 2.33. The number of benzene rings is 1. The Morgan fingerprint density at radius 2 is 2.11 bits per heavy atom. The zero-order valence-electron chi connectivity index (χ0n) is 10.9. The highest BCUT2D eigenvalue weighted by atomic mass is 79.9. The molecule has 2 atom stereocenters. The Kier molecular flexibility index (Phi) is 5.67. The second-order valence-corrected chi connectivity index (χ2v) is 5.78. The van der Waals surface area contributed by atoms with Gasteiger partial charge in [-0.1, -0.05) is 40.2 Å². The predicted octanol–water partition coefficient (Wildman–Crippen LogP) is 3.88. The van der Waals surface area contributed by atoms with E-state index in [1.54, 1.807) is 7.11 Å². The van der Waals surface area contributed by atoms with E-state index >= 15 is 0 Å². The third-order valence-electron chi connectivity index (χ3n) is 3.43. The largest absolute Gasteiger partial charge is 0.384 e. The monoisotopic (exact) mass is 312 g/mol. The lowest BCUT2D eigenvalue weighted by Gasteiger charge is -2.27. The van der Waals surface area contributed by atoms with Gasteiger partial charge in [-0.15, -0.1) is 0 Å². The summed E-state index contributed by atoms with van der Waals surface area (Å²) in [5, 5.41) is 0.